The average molecular weight is 1450 g/mol. The molecule has 0 bridgehead atoms. The van der Waals surface area contributed by atoms with Gasteiger partial charge in [0.1, 0.15) is 71.6 Å². The van der Waals surface area contributed by atoms with Gasteiger partial charge in [-0.3, -0.25) is 0 Å². The summed E-state index contributed by atoms with van der Waals surface area (Å²) < 4.78 is 34.4. The Morgan fingerprint density at radius 2 is 1.06 bits per heavy atom. The van der Waals surface area contributed by atoms with Gasteiger partial charge in [0.25, 0.3) is 0 Å². The van der Waals surface area contributed by atoms with Crippen LogP contribution in [0.4, 0.5) is 5.82 Å². The second-order valence-electron chi connectivity index (χ2n) is 19.7. The summed E-state index contributed by atoms with van der Waals surface area (Å²) in [6, 6.07) is 3.89. The zero-order chi connectivity index (χ0) is 50.6. The summed E-state index contributed by atoms with van der Waals surface area (Å²) in [5.74, 6) is 1.01. The molecule has 16 nitrogen and oxygen atoms in total. The number of ether oxygens (including phenoxy) is 5. The van der Waals surface area contributed by atoms with E-state index in [1.165, 1.54) is 34.4 Å². The Balaban J connectivity index is 0.000000326. The summed E-state index contributed by atoms with van der Waals surface area (Å²) in [5, 5.41) is 7.07. The first-order chi connectivity index (χ1) is 32.7. The van der Waals surface area contributed by atoms with E-state index in [4.69, 9.17) is 58.5 Å². The van der Waals surface area contributed by atoms with Gasteiger partial charge in [-0.05, 0) is 85.9 Å². The fourth-order valence-electron chi connectivity index (χ4n) is 6.23. The molecule has 6 aromatic rings. The van der Waals surface area contributed by atoms with Crippen LogP contribution in [0.5, 0.6) is 0 Å². The van der Waals surface area contributed by atoms with Crippen molar-refractivity contribution in [3.05, 3.63) is 58.6 Å². The van der Waals surface area contributed by atoms with Crippen molar-refractivity contribution in [3.8, 4) is 0 Å². The zero-order valence-corrected chi connectivity index (χ0v) is 55.2. The number of rotatable bonds is 15. The van der Waals surface area contributed by atoms with Crippen LogP contribution in [0.15, 0.2) is 37.6 Å². The lowest BCUT2D eigenvalue weighted by Gasteiger charge is -2.28. The number of fused-ring (bicyclic) bond motifs is 3. The van der Waals surface area contributed by atoms with Gasteiger partial charge in [0.05, 0.1) is 42.6 Å². The standard InChI is InChI=1S/C16H25IN4O2Si.C12H17ClIN3OSi.C6H3ClIN3.C6H15ClOSi.C4H9NO.CH4.H3P/c1-24(2,3)9-8-23-12-21-10-13(17)14-15(18-11-19-16(14)21)20-4-6-22-7-5-20;1-19(2,3)5-4-18-8-17-6-9(14)10-11(13)15-7-16-12(10)17;7-5-4-3(8)1-9-6(4)11-2-10-5;1-9(2,3)5-4-8-6-7;1-3-6-4-2-5-1;;/h10-11H,4-9,12H2,1-3H3;6-7H,4-5,8H2,1-3H3;1-2H,(H,9,10,11);4-6H2,1-3H3;5H,1-4H2;1H4;1H3. The minimum atomic E-state index is -1.06. The van der Waals surface area contributed by atoms with Crippen LogP contribution in [0.1, 0.15) is 7.43 Å². The molecule has 1 unspecified atom stereocenters. The first-order valence-corrected chi connectivity index (χ1v) is 38.5. The van der Waals surface area contributed by atoms with Gasteiger partial charge >= 0.3 is 0 Å². The number of aromatic nitrogens is 9. The van der Waals surface area contributed by atoms with Gasteiger partial charge in [-0.15, -0.1) is 0 Å². The van der Waals surface area contributed by atoms with Crippen molar-refractivity contribution in [1.82, 2.24) is 49.3 Å². The van der Waals surface area contributed by atoms with Gasteiger partial charge in [0.15, 0.2) is 0 Å². The fourth-order valence-corrected chi connectivity index (χ4v) is 11.7. The quantitative estimate of drug-likeness (QED) is 0.0249. The van der Waals surface area contributed by atoms with E-state index in [2.05, 4.69) is 183 Å². The zero-order valence-electron chi connectivity index (χ0n) is 42.0. The van der Waals surface area contributed by atoms with Crippen LogP contribution in [0, 0.1) is 10.7 Å². The Morgan fingerprint density at radius 3 is 1.52 bits per heavy atom. The van der Waals surface area contributed by atoms with Crippen molar-refractivity contribution in [1.29, 1.82) is 0 Å². The molecule has 0 saturated carbocycles. The Morgan fingerprint density at radius 1 is 0.606 bits per heavy atom. The van der Waals surface area contributed by atoms with Crippen LogP contribution in [0.3, 0.4) is 0 Å². The molecule has 2 aliphatic rings. The maximum atomic E-state index is 6.09. The molecule has 2 saturated heterocycles. The Kier molecular flexibility index (Phi) is 31.6. The average Bonchev–Trinajstić information content (AvgIpc) is 3.97. The maximum absolute atomic E-state index is 6.09. The highest BCUT2D eigenvalue weighted by atomic mass is 127. The molecule has 0 aromatic carbocycles. The predicted octanol–water partition coefficient (Wildman–Crippen LogP) is 12.2. The van der Waals surface area contributed by atoms with E-state index in [0.717, 1.165) is 118 Å². The monoisotopic (exact) mass is 1450 g/mol. The number of nitrogens with zero attached hydrogens (tertiary/aromatic N) is 9. The first kappa shape index (κ1) is 66.7. The minimum absolute atomic E-state index is 0. The van der Waals surface area contributed by atoms with E-state index in [9.17, 15) is 0 Å². The molecule has 0 aliphatic carbocycles. The van der Waals surface area contributed by atoms with Crippen LogP contribution in [0.25, 0.3) is 33.1 Å². The van der Waals surface area contributed by atoms with Crippen molar-refractivity contribution in [2.24, 2.45) is 0 Å². The third-order valence-corrected chi connectivity index (χ3v) is 18.5. The minimum Gasteiger partial charge on any atom is -0.379 e. The highest BCUT2D eigenvalue weighted by Gasteiger charge is 2.21. The van der Waals surface area contributed by atoms with E-state index in [-0.39, 0.29) is 17.3 Å². The molecule has 71 heavy (non-hydrogen) atoms. The normalized spacial score (nSPS) is 13.9. The number of anilines is 1. The second kappa shape index (κ2) is 33.7. The maximum Gasteiger partial charge on any atom is 0.148 e. The van der Waals surface area contributed by atoms with Gasteiger partial charge < -0.3 is 48.0 Å². The summed E-state index contributed by atoms with van der Waals surface area (Å²) in [5.41, 5.74) is 2.57. The predicted molar refractivity (Wildman–Crippen MR) is 335 cm³/mol. The van der Waals surface area contributed by atoms with E-state index in [0.29, 0.717) is 29.8 Å². The Hall–Kier alpha value is -0.439. The van der Waals surface area contributed by atoms with E-state index in [1.807, 2.05) is 17.0 Å². The highest BCUT2D eigenvalue weighted by molar-refractivity contribution is 14.1. The Labute approximate surface area is 483 Å². The molecule has 2 fully saturated rings. The van der Waals surface area contributed by atoms with Crippen LogP contribution in [0.2, 0.25) is 87.4 Å². The summed E-state index contributed by atoms with van der Waals surface area (Å²) in [6.07, 6.45) is 10.5. The van der Waals surface area contributed by atoms with Crippen LogP contribution in [-0.2, 0) is 37.1 Å². The van der Waals surface area contributed by atoms with E-state index >= 15 is 0 Å². The molecule has 2 N–H and O–H groups in total. The third kappa shape index (κ3) is 24.2. The van der Waals surface area contributed by atoms with Crippen molar-refractivity contribution in [2.45, 2.75) is 97.9 Å². The number of aromatic amines is 1. The molecule has 2 aliphatic heterocycles. The topological polar surface area (TPSA) is 164 Å². The van der Waals surface area contributed by atoms with Gasteiger partial charge in [-0.1, -0.05) is 101 Å². The molecule has 400 valence electrons. The van der Waals surface area contributed by atoms with Gasteiger partial charge in [0, 0.05) is 99.5 Å². The van der Waals surface area contributed by atoms with E-state index in [1.54, 1.807) is 6.33 Å². The van der Waals surface area contributed by atoms with Crippen LogP contribution >= 0.6 is 112 Å². The molecular weight excluding hydrogens is 1380 g/mol. The second-order valence-corrected chi connectivity index (χ2v) is 40.9. The van der Waals surface area contributed by atoms with E-state index < -0.39 is 24.2 Å². The first-order valence-electron chi connectivity index (χ1n) is 22.9. The van der Waals surface area contributed by atoms with Crippen molar-refractivity contribution >= 4 is 176 Å². The number of nitrogens with one attached hydrogen (secondary N) is 2. The summed E-state index contributed by atoms with van der Waals surface area (Å²) in [6.45, 7) is 31.7. The third-order valence-electron chi connectivity index (χ3n) is 10.2. The molecule has 0 spiro atoms. The van der Waals surface area contributed by atoms with Crippen molar-refractivity contribution < 1.29 is 23.7 Å². The number of morpholine rings is 2. The molecule has 26 heteroatoms. The van der Waals surface area contributed by atoms with Crippen molar-refractivity contribution in [3.63, 3.8) is 0 Å². The number of hydrogen-bond donors (Lipinski definition) is 2. The molecule has 0 radical (unpaired) electrons. The number of halogens is 6. The van der Waals surface area contributed by atoms with Crippen molar-refractivity contribution in [2.75, 3.05) is 83.4 Å². The van der Waals surface area contributed by atoms with Crippen LogP contribution in [-0.4, -0.2) is 147 Å². The van der Waals surface area contributed by atoms with Gasteiger partial charge in [-0.2, -0.15) is 9.90 Å². The molecule has 1 atom stereocenters. The van der Waals surface area contributed by atoms with Crippen LogP contribution < -0.4 is 10.2 Å². The number of alkyl halides is 1. The lowest BCUT2D eigenvalue weighted by atomic mass is 10.3. The lowest BCUT2D eigenvalue weighted by Crippen LogP contribution is -2.36. The summed E-state index contributed by atoms with van der Waals surface area (Å²) >= 11 is 24.0. The van der Waals surface area contributed by atoms with Gasteiger partial charge in [0.2, 0.25) is 0 Å². The molecule has 0 amide bonds. The summed E-state index contributed by atoms with van der Waals surface area (Å²) in [7, 11) is -2.97. The lowest BCUT2D eigenvalue weighted by molar-refractivity contribution is 0.0897. The number of hydrogen-bond acceptors (Lipinski definition) is 13. The largest absolute Gasteiger partial charge is 0.379 e. The fraction of sp³-hybridized carbons (Fsp3) is 0.600. The summed E-state index contributed by atoms with van der Waals surface area (Å²) in [4.78, 5) is 30.5. The smallest absolute Gasteiger partial charge is 0.148 e. The molecule has 8 rings (SSSR count). The highest BCUT2D eigenvalue weighted by Crippen LogP contribution is 2.30. The van der Waals surface area contributed by atoms with Gasteiger partial charge in [-0.25, -0.2) is 29.9 Å². The Bertz CT molecular complexity index is 2440. The molecule has 6 aromatic heterocycles. The molecular formula is C45H76Cl3I3N11O5PSi3. The molecule has 8 heterocycles. The number of H-pyrrole nitrogens is 1. The SMILES string of the molecule is C.C1COCCN1.C[Si](C)(C)CCOCCl.C[Si](C)(C)CCOCn1cc(I)c2c(Cl)ncnc21.C[Si](C)(C)CCOCn1cc(I)c2c(N3CCOCC3)ncnc21.Clc1ncnc2[nH]cc(I)c12.P.